The molecule has 5 aliphatic rings. The summed E-state index contributed by atoms with van der Waals surface area (Å²) in [5.41, 5.74) is 6.51. The van der Waals surface area contributed by atoms with Crippen molar-refractivity contribution < 1.29 is 4.79 Å². The van der Waals surface area contributed by atoms with E-state index in [-0.39, 0.29) is 17.9 Å². The third-order valence-corrected chi connectivity index (χ3v) is 5.32. The van der Waals surface area contributed by atoms with Gasteiger partial charge in [0.1, 0.15) is 6.04 Å². The van der Waals surface area contributed by atoms with E-state index >= 15 is 0 Å². The molecule has 1 saturated heterocycles. The van der Waals surface area contributed by atoms with E-state index in [2.05, 4.69) is 17.5 Å². The number of carbonyl (C=O) groups excluding carboxylic acids is 1. The lowest BCUT2D eigenvalue weighted by atomic mass is 10.0. The Labute approximate surface area is 141 Å². The summed E-state index contributed by atoms with van der Waals surface area (Å²) in [6.45, 7) is 0. The summed E-state index contributed by atoms with van der Waals surface area (Å²) in [5, 5.41) is 3.52. The number of hydrogen-bond donors (Lipinski definition) is 1. The Morgan fingerprint density at radius 1 is 0.875 bits per heavy atom. The van der Waals surface area contributed by atoms with Crippen molar-refractivity contribution >= 4 is 22.9 Å². The van der Waals surface area contributed by atoms with Crippen molar-refractivity contribution in [1.29, 1.82) is 0 Å². The van der Waals surface area contributed by atoms with Crippen molar-refractivity contribution in [3.8, 4) is 0 Å². The van der Waals surface area contributed by atoms with Gasteiger partial charge in [-0.2, -0.15) is 0 Å². The van der Waals surface area contributed by atoms with Gasteiger partial charge in [-0.3, -0.25) is 19.8 Å². The zero-order chi connectivity index (χ0) is 16.1. The number of allylic oxidation sites excluding steroid dienone is 6. The topological polar surface area (TPSA) is 66.2 Å². The summed E-state index contributed by atoms with van der Waals surface area (Å²) in [6, 6.07) is -0.110. The van der Waals surface area contributed by atoms with Gasteiger partial charge in [0, 0.05) is 34.2 Å². The van der Waals surface area contributed by atoms with Crippen molar-refractivity contribution in [2.75, 3.05) is 0 Å². The molecule has 0 saturated carbocycles. The number of ketones is 1. The molecule has 0 aromatic carbocycles. The molecule has 0 spiro atoms. The summed E-state index contributed by atoms with van der Waals surface area (Å²) >= 11 is 0. The van der Waals surface area contributed by atoms with Crippen LogP contribution < -0.4 is 5.32 Å². The molecular formula is C19H20N4O. The van der Waals surface area contributed by atoms with E-state index in [0.29, 0.717) is 6.42 Å². The highest BCUT2D eigenvalue weighted by molar-refractivity contribution is 6.15. The molecule has 122 valence electrons. The van der Waals surface area contributed by atoms with E-state index in [1.165, 1.54) is 5.70 Å². The van der Waals surface area contributed by atoms with Gasteiger partial charge in [-0.1, -0.05) is 0 Å². The minimum Gasteiger partial charge on any atom is -0.383 e. The fourth-order valence-corrected chi connectivity index (χ4v) is 4.13. The number of Topliss-reactive ketones (excluding diaryl/α,β-unsaturated/α-hetero) is 1. The number of nitrogens with one attached hydrogen (secondary N) is 1. The second-order valence-electron chi connectivity index (χ2n) is 7.15. The van der Waals surface area contributed by atoms with E-state index in [1.54, 1.807) is 0 Å². The first-order valence-corrected chi connectivity index (χ1v) is 8.86. The van der Waals surface area contributed by atoms with E-state index < -0.39 is 0 Å². The predicted octanol–water partition coefficient (Wildman–Crippen LogP) is 2.66. The summed E-state index contributed by atoms with van der Waals surface area (Å²) in [6.07, 6.45) is 12.6. The largest absolute Gasteiger partial charge is 0.383 e. The molecule has 0 radical (unpaired) electrons. The molecule has 2 unspecified atom stereocenters. The molecule has 0 aromatic heterocycles. The Hall–Kier alpha value is -2.30. The quantitative estimate of drug-likeness (QED) is 0.745. The molecule has 1 fully saturated rings. The molecule has 0 aliphatic carbocycles. The molecule has 5 heterocycles. The first-order chi connectivity index (χ1) is 11.7. The van der Waals surface area contributed by atoms with Gasteiger partial charge < -0.3 is 5.32 Å². The van der Waals surface area contributed by atoms with Gasteiger partial charge in [-0.25, -0.2) is 0 Å². The Kier molecular flexibility index (Phi) is 3.15. The molecule has 0 amide bonds. The normalized spacial score (nSPS) is 31.2. The van der Waals surface area contributed by atoms with Gasteiger partial charge >= 0.3 is 0 Å². The maximum Gasteiger partial charge on any atom is 0.165 e. The number of fused-ring (bicyclic) bond motifs is 6. The summed E-state index contributed by atoms with van der Waals surface area (Å²) < 4.78 is 0. The molecule has 8 bridgehead atoms. The lowest BCUT2D eigenvalue weighted by Crippen LogP contribution is -2.36. The highest BCUT2D eigenvalue weighted by Crippen LogP contribution is 2.28. The van der Waals surface area contributed by atoms with Crippen LogP contribution in [0.4, 0.5) is 0 Å². The first-order valence-electron chi connectivity index (χ1n) is 8.86. The maximum atomic E-state index is 12.4. The number of nitrogens with zero attached hydrogens (tertiary/aromatic N) is 3. The summed E-state index contributed by atoms with van der Waals surface area (Å²) in [4.78, 5) is 26.6. The number of carbonyl (C=O) groups is 1. The van der Waals surface area contributed by atoms with Crippen LogP contribution in [0, 0.1) is 0 Å². The first kappa shape index (κ1) is 14.1. The standard InChI is InChI=1S/C19H20N4O/c24-18-10-16-9-14-4-3-12(21-14)7-11-1-2-13(20-11)8-15-5-6-17(22-15)19(18)23-16/h7-9,17,19,22H,1-6,10H2. The molecule has 5 aliphatic heterocycles. The Bertz CT molecular complexity index is 809. The van der Waals surface area contributed by atoms with Crippen LogP contribution in [0.25, 0.3) is 0 Å². The molecule has 5 rings (SSSR count). The van der Waals surface area contributed by atoms with Gasteiger partial charge in [0.15, 0.2) is 5.78 Å². The Balaban J connectivity index is 1.57. The van der Waals surface area contributed by atoms with Gasteiger partial charge in [-0.15, -0.1) is 0 Å². The van der Waals surface area contributed by atoms with Crippen LogP contribution in [0.2, 0.25) is 0 Å². The zero-order valence-electron chi connectivity index (χ0n) is 13.6. The second-order valence-corrected chi connectivity index (χ2v) is 7.15. The molecule has 24 heavy (non-hydrogen) atoms. The zero-order valence-corrected chi connectivity index (χ0v) is 13.6. The average Bonchev–Trinajstić information content (AvgIpc) is 3.30. The van der Waals surface area contributed by atoms with Crippen molar-refractivity contribution in [3.63, 3.8) is 0 Å². The van der Waals surface area contributed by atoms with Gasteiger partial charge in [0.05, 0.1) is 12.5 Å². The Morgan fingerprint density at radius 3 is 2.38 bits per heavy atom. The van der Waals surface area contributed by atoms with Crippen LogP contribution in [-0.2, 0) is 4.79 Å². The molecule has 5 heteroatoms. The maximum absolute atomic E-state index is 12.4. The smallest absolute Gasteiger partial charge is 0.165 e. The van der Waals surface area contributed by atoms with E-state index in [1.807, 2.05) is 6.08 Å². The minimum absolute atomic E-state index is 0.129. The minimum atomic E-state index is -0.239. The highest BCUT2D eigenvalue weighted by atomic mass is 16.1. The number of aliphatic imine (C=N–C) groups is 3. The van der Waals surface area contributed by atoms with E-state index in [9.17, 15) is 4.79 Å². The SMILES string of the molecule is O=C1CC2=NC1C1CCC(=CC3=NC(=CC4=NC(=C2)CC4)CC3)N1. The van der Waals surface area contributed by atoms with Crippen LogP contribution >= 0.6 is 0 Å². The third-order valence-electron chi connectivity index (χ3n) is 5.32. The lowest BCUT2D eigenvalue weighted by Gasteiger charge is -2.15. The van der Waals surface area contributed by atoms with E-state index in [4.69, 9.17) is 15.0 Å². The molecule has 5 nitrogen and oxygen atoms in total. The van der Waals surface area contributed by atoms with E-state index in [0.717, 1.165) is 67.1 Å². The van der Waals surface area contributed by atoms with Crippen molar-refractivity contribution in [2.24, 2.45) is 15.0 Å². The molecular weight excluding hydrogens is 300 g/mol. The van der Waals surface area contributed by atoms with Crippen LogP contribution in [0.1, 0.15) is 44.9 Å². The molecule has 1 N–H and O–H groups in total. The van der Waals surface area contributed by atoms with Crippen LogP contribution in [0.5, 0.6) is 0 Å². The van der Waals surface area contributed by atoms with Gasteiger partial charge in [0.2, 0.25) is 0 Å². The average molecular weight is 320 g/mol. The second kappa shape index (κ2) is 5.36. The lowest BCUT2D eigenvalue weighted by molar-refractivity contribution is -0.118. The number of hydrogen-bond acceptors (Lipinski definition) is 5. The monoisotopic (exact) mass is 320 g/mol. The van der Waals surface area contributed by atoms with Crippen LogP contribution in [0.3, 0.4) is 0 Å². The molecule has 0 aromatic rings. The summed E-state index contributed by atoms with van der Waals surface area (Å²) in [5.74, 6) is 0.232. The van der Waals surface area contributed by atoms with Crippen molar-refractivity contribution in [3.05, 3.63) is 35.3 Å². The fraction of sp³-hybridized carbons (Fsp3) is 0.474. The predicted molar refractivity (Wildman–Crippen MR) is 94.6 cm³/mol. The Morgan fingerprint density at radius 2 is 1.58 bits per heavy atom. The summed E-state index contributed by atoms with van der Waals surface area (Å²) in [7, 11) is 0. The highest BCUT2D eigenvalue weighted by Gasteiger charge is 2.36. The van der Waals surface area contributed by atoms with Crippen LogP contribution in [0.15, 0.2) is 50.3 Å². The van der Waals surface area contributed by atoms with Crippen LogP contribution in [-0.4, -0.2) is 35.0 Å². The number of rotatable bonds is 0. The fourth-order valence-electron chi connectivity index (χ4n) is 4.13. The van der Waals surface area contributed by atoms with Crippen molar-refractivity contribution in [2.45, 2.75) is 57.0 Å². The molecule has 2 atom stereocenters. The van der Waals surface area contributed by atoms with Crippen molar-refractivity contribution in [1.82, 2.24) is 5.32 Å². The van der Waals surface area contributed by atoms with Gasteiger partial charge in [-0.05, 0) is 56.8 Å². The van der Waals surface area contributed by atoms with Gasteiger partial charge in [0.25, 0.3) is 0 Å². The third kappa shape index (κ3) is 2.48.